The molecule has 2 aromatic carbocycles. The topological polar surface area (TPSA) is 83.9 Å². The Kier molecular flexibility index (Phi) is 6.99. The van der Waals surface area contributed by atoms with Gasteiger partial charge >= 0.3 is 6.03 Å². The van der Waals surface area contributed by atoms with E-state index in [2.05, 4.69) is 48.9 Å². The number of nitrogens with zero attached hydrogens (tertiary/aromatic N) is 3. The Morgan fingerprint density at radius 3 is 2.43 bits per heavy atom. The summed E-state index contributed by atoms with van der Waals surface area (Å²) in [4.78, 5) is 41.6. The maximum Gasteiger partial charge on any atom is 0.331 e. The molecule has 9 heteroatoms. The molecule has 0 unspecified atom stereocenters. The number of barbiturate groups is 1. The van der Waals surface area contributed by atoms with Crippen molar-refractivity contribution in [3.63, 3.8) is 0 Å². The van der Waals surface area contributed by atoms with Gasteiger partial charge in [0.1, 0.15) is 5.57 Å². The predicted octanol–water partition coefficient (Wildman–Crippen LogP) is 4.36. The number of amides is 4. The SMILES string of the molecule is Cc1cc(/C=C2\C(=O)NC(=O)N(Cc3ccccc3)C2=O)c(C)n1-c1ccc(N2CCOCC2)c(Br)c1. The molecule has 0 saturated carbocycles. The number of hydrogen-bond acceptors (Lipinski definition) is 5. The van der Waals surface area contributed by atoms with E-state index in [1.54, 1.807) is 6.08 Å². The molecule has 4 amide bonds. The highest BCUT2D eigenvalue weighted by Gasteiger charge is 2.36. The van der Waals surface area contributed by atoms with Crippen molar-refractivity contribution >= 4 is 45.5 Å². The van der Waals surface area contributed by atoms with Gasteiger partial charge in [0.05, 0.1) is 25.4 Å². The number of nitrogens with one attached hydrogen (secondary N) is 1. The van der Waals surface area contributed by atoms with E-state index in [1.807, 2.05) is 50.2 Å². The molecule has 3 heterocycles. The molecule has 0 atom stereocenters. The molecule has 190 valence electrons. The van der Waals surface area contributed by atoms with Gasteiger partial charge in [-0.1, -0.05) is 30.3 Å². The Morgan fingerprint density at radius 1 is 1.00 bits per heavy atom. The number of aromatic nitrogens is 1. The fourth-order valence-corrected chi connectivity index (χ4v) is 5.40. The number of urea groups is 1. The first-order chi connectivity index (χ1) is 17.8. The van der Waals surface area contributed by atoms with E-state index >= 15 is 0 Å². The number of aryl methyl sites for hydroxylation is 1. The van der Waals surface area contributed by atoms with Crippen molar-refractivity contribution in [2.24, 2.45) is 0 Å². The molecule has 1 aromatic heterocycles. The van der Waals surface area contributed by atoms with Crippen molar-refractivity contribution in [2.75, 3.05) is 31.2 Å². The van der Waals surface area contributed by atoms with Crippen molar-refractivity contribution in [1.82, 2.24) is 14.8 Å². The zero-order valence-corrected chi connectivity index (χ0v) is 22.2. The van der Waals surface area contributed by atoms with E-state index in [0.29, 0.717) is 13.2 Å². The second kappa shape index (κ2) is 10.4. The first-order valence-corrected chi connectivity index (χ1v) is 12.9. The van der Waals surface area contributed by atoms with Crippen LogP contribution < -0.4 is 10.2 Å². The quantitative estimate of drug-likeness (QED) is 0.369. The van der Waals surface area contributed by atoms with Gasteiger partial charge in [0.15, 0.2) is 0 Å². The molecular weight excluding hydrogens is 536 g/mol. The number of anilines is 1. The lowest BCUT2D eigenvalue weighted by atomic mass is 10.1. The van der Waals surface area contributed by atoms with E-state index in [1.165, 1.54) is 0 Å². The molecular formula is C28H27BrN4O4. The Labute approximate surface area is 223 Å². The molecule has 2 fully saturated rings. The molecule has 0 aliphatic carbocycles. The average Bonchev–Trinajstić information content (AvgIpc) is 3.17. The number of halogens is 1. The van der Waals surface area contributed by atoms with Crippen LogP contribution in [0, 0.1) is 13.8 Å². The van der Waals surface area contributed by atoms with Gasteiger partial charge in [0.2, 0.25) is 0 Å². The fraction of sp³-hybridized carbons (Fsp3) is 0.250. The van der Waals surface area contributed by atoms with Crippen molar-refractivity contribution in [2.45, 2.75) is 20.4 Å². The van der Waals surface area contributed by atoms with Crippen LogP contribution in [0.15, 0.2) is 64.6 Å². The van der Waals surface area contributed by atoms with E-state index in [-0.39, 0.29) is 12.1 Å². The number of ether oxygens (including phenoxy) is 1. The molecule has 1 N–H and O–H groups in total. The summed E-state index contributed by atoms with van der Waals surface area (Å²) in [6, 6.07) is 16.6. The van der Waals surface area contributed by atoms with E-state index in [9.17, 15) is 14.4 Å². The Hall–Kier alpha value is -3.69. The minimum absolute atomic E-state index is 0.0698. The Morgan fingerprint density at radius 2 is 1.73 bits per heavy atom. The number of rotatable bonds is 5. The first-order valence-electron chi connectivity index (χ1n) is 12.1. The van der Waals surface area contributed by atoms with Crippen LogP contribution in [0.3, 0.4) is 0 Å². The summed E-state index contributed by atoms with van der Waals surface area (Å²) in [6.07, 6.45) is 1.57. The summed E-state index contributed by atoms with van der Waals surface area (Å²) in [7, 11) is 0. The maximum absolute atomic E-state index is 13.2. The highest BCUT2D eigenvalue weighted by atomic mass is 79.9. The van der Waals surface area contributed by atoms with Crippen LogP contribution >= 0.6 is 15.9 Å². The number of hydrogen-bond donors (Lipinski definition) is 1. The third-order valence-corrected chi connectivity index (χ3v) is 7.32. The zero-order valence-electron chi connectivity index (χ0n) is 20.7. The first kappa shape index (κ1) is 25.0. The van der Waals surface area contributed by atoms with Gasteiger partial charge in [-0.3, -0.25) is 19.8 Å². The lowest BCUT2D eigenvalue weighted by Crippen LogP contribution is -2.53. The van der Waals surface area contributed by atoms with Crippen LogP contribution in [0.5, 0.6) is 0 Å². The van der Waals surface area contributed by atoms with Gasteiger partial charge < -0.3 is 14.2 Å². The number of imide groups is 2. The molecule has 0 spiro atoms. The Bertz CT molecular complexity index is 1410. The molecule has 3 aromatic rings. The summed E-state index contributed by atoms with van der Waals surface area (Å²) < 4.78 is 8.53. The standard InChI is InChI=1S/C28H27BrN4O4/c1-18-14-21(15-23-26(34)30-28(36)32(27(23)35)17-20-6-4-3-5-7-20)19(2)33(18)22-8-9-25(24(29)16-22)31-10-12-37-13-11-31/h3-9,14-16H,10-13,17H2,1-2H3,(H,30,34,36)/b23-15+. The number of morpholine rings is 1. The van der Waals surface area contributed by atoms with Crippen LogP contribution in [0.4, 0.5) is 10.5 Å². The zero-order chi connectivity index (χ0) is 26.1. The van der Waals surface area contributed by atoms with E-state index < -0.39 is 17.8 Å². The van der Waals surface area contributed by atoms with Crippen LogP contribution in [0.2, 0.25) is 0 Å². The second-order valence-electron chi connectivity index (χ2n) is 9.09. The molecule has 2 aliphatic rings. The van der Waals surface area contributed by atoms with Gasteiger partial charge in [-0.2, -0.15) is 0 Å². The molecule has 5 rings (SSSR count). The van der Waals surface area contributed by atoms with Gasteiger partial charge in [-0.05, 0) is 71.2 Å². The lowest BCUT2D eigenvalue weighted by Gasteiger charge is -2.30. The summed E-state index contributed by atoms with van der Waals surface area (Å²) in [6.45, 7) is 7.12. The molecule has 2 aliphatic heterocycles. The number of carbonyl (C=O) groups excluding carboxylic acids is 3. The highest BCUT2D eigenvalue weighted by molar-refractivity contribution is 9.10. The lowest BCUT2D eigenvalue weighted by molar-refractivity contribution is -0.130. The fourth-order valence-electron chi connectivity index (χ4n) is 4.79. The third-order valence-electron chi connectivity index (χ3n) is 6.68. The number of benzene rings is 2. The van der Waals surface area contributed by atoms with Crippen LogP contribution in [0.25, 0.3) is 11.8 Å². The number of carbonyl (C=O) groups is 3. The van der Waals surface area contributed by atoms with Gasteiger partial charge in [0, 0.05) is 34.6 Å². The predicted molar refractivity (Wildman–Crippen MR) is 144 cm³/mol. The van der Waals surface area contributed by atoms with Crippen LogP contribution in [-0.2, 0) is 20.9 Å². The van der Waals surface area contributed by atoms with E-state index in [4.69, 9.17) is 4.74 Å². The van der Waals surface area contributed by atoms with E-state index in [0.717, 1.165) is 56.4 Å². The smallest absolute Gasteiger partial charge is 0.331 e. The van der Waals surface area contributed by atoms with Crippen molar-refractivity contribution < 1.29 is 19.1 Å². The maximum atomic E-state index is 13.2. The second-order valence-corrected chi connectivity index (χ2v) is 9.95. The van der Waals surface area contributed by atoms with Crippen molar-refractivity contribution in [3.05, 3.63) is 87.2 Å². The average molecular weight is 563 g/mol. The molecule has 2 saturated heterocycles. The summed E-state index contributed by atoms with van der Waals surface area (Å²) in [5, 5.41) is 2.30. The molecule has 37 heavy (non-hydrogen) atoms. The van der Waals surface area contributed by atoms with Crippen LogP contribution in [0.1, 0.15) is 22.5 Å². The summed E-state index contributed by atoms with van der Waals surface area (Å²) >= 11 is 3.73. The van der Waals surface area contributed by atoms with Gasteiger partial charge in [-0.15, -0.1) is 0 Å². The highest BCUT2D eigenvalue weighted by Crippen LogP contribution is 2.32. The Balaban J connectivity index is 1.45. The minimum atomic E-state index is -0.716. The largest absolute Gasteiger partial charge is 0.378 e. The van der Waals surface area contributed by atoms with Crippen LogP contribution in [-0.4, -0.2) is 53.6 Å². The monoisotopic (exact) mass is 562 g/mol. The molecule has 0 radical (unpaired) electrons. The van der Waals surface area contributed by atoms with Gasteiger partial charge in [-0.25, -0.2) is 4.79 Å². The minimum Gasteiger partial charge on any atom is -0.378 e. The van der Waals surface area contributed by atoms with Gasteiger partial charge in [0.25, 0.3) is 11.8 Å². The van der Waals surface area contributed by atoms with Crippen molar-refractivity contribution in [1.29, 1.82) is 0 Å². The molecule has 0 bridgehead atoms. The van der Waals surface area contributed by atoms with Crippen molar-refractivity contribution in [3.8, 4) is 5.69 Å². The normalized spacial score (nSPS) is 17.5. The summed E-state index contributed by atoms with van der Waals surface area (Å²) in [5.74, 6) is -1.30. The third kappa shape index (κ3) is 4.97. The molecule has 8 nitrogen and oxygen atoms in total. The summed E-state index contributed by atoms with van der Waals surface area (Å²) in [5.41, 5.74) is 5.37.